The van der Waals surface area contributed by atoms with Gasteiger partial charge in [-0.05, 0) is 36.8 Å². The van der Waals surface area contributed by atoms with E-state index >= 15 is 0 Å². The molecule has 0 saturated heterocycles. The summed E-state index contributed by atoms with van der Waals surface area (Å²) in [6, 6.07) is 13.4. The van der Waals surface area contributed by atoms with Crippen molar-refractivity contribution in [3.05, 3.63) is 72.3 Å². The summed E-state index contributed by atoms with van der Waals surface area (Å²) in [6.07, 6.45) is 5.29. The molecule has 4 aromatic rings. The second kappa shape index (κ2) is 7.05. The van der Waals surface area contributed by atoms with Crippen LogP contribution in [0.5, 0.6) is 0 Å². The standard InChI is InChI=1S/C19H17N5OS/c1-2-23-11-9-16(22-23)18(25)24(13-14-6-5-10-20-12-14)19-21-15-7-3-4-8-17(15)26-19/h3-12H,2,13H2,1H3. The molecule has 26 heavy (non-hydrogen) atoms. The Morgan fingerprint density at radius 1 is 1.19 bits per heavy atom. The zero-order chi connectivity index (χ0) is 17.9. The lowest BCUT2D eigenvalue weighted by molar-refractivity contribution is 0.0979. The molecule has 0 radical (unpaired) electrons. The molecule has 6 nitrogen and oxygen atoms in total. The number of rotatable bonds is 5. The maximum atomic E-state index is 13.2. The lowest BCUT2D eigenvalue weighted by atomic mass is 10.2. The Morgan fingerprint density at radius 3 is 2.81 bits per heavy atom. The molecule has 0 N–H and O–H groups in total. The number of carbonyl (C=O) groups excluding carboxylic acids is 1. The van der Waals surface area contributed by atoms with Crippen molar-refractivity contribution in [3.8, 4) is 0 Å². The second-order valence-corrected chi connectivity index (χ2v) is 6.78. The highest BCUT2D eigenvalue weighted by Gasteiger charge is 2.23. The highest BCUT2D eigenvalue weighted by atomic mass is 32.1. The van der Waals surface area contributed by atoms with E-state index in [2.05, 4.69) is 15.1 Å². The van der Waals surface area contributed by atoms with Gasteiger partial charge in [-0.25, -0.2) is 4.98 Å². The Hall–Kier alpha value is -3.06. The summed E-state index contributed by atoms with van der Waals surface area (Å²) in [5, 5.41) is 5.02. The molecule has 0 bridgehead atoms. The number of hydrogen-bond acceptors (Lipinski definition) is 5. The van der Waals surface area contributed by atoms with Crippen LogP contribution in [-0.4, -0.2) is 25.7 Å². The van der Waals surface area contributed by atoms with Crippen molar-refractivity contribution in [3.63, 3.8) is 0 Å². The van der Waals surface area contributed by atoms with Gasteiger partial charge < -0.3 is 0 Å². The van der Waals surface area contributed by atoms with E-state index in [1.807, 2.05) is 49.5 Å². The van der Waals surface area contributed by atoms with Crippen molar-refractivity contribution in [2.75, 3.05) is 4.90 Å². The first-order valence-electron chi connectivity index (χ1n) is 8.34. The number of thiazole rings is 1. The summed E-state index contributed by atoms with van der Waals surface area (Å²) < 4.78 is 2.79. The van der Waals surface area contributed by atoms with Gasteiger partial charge in [-0.15, -0.1) is 0 Å². The summed E-state index contributed by atoms with van der Waals surface area (Å²) in [4.78, 5) is 23.6. The third kappa shape index (κ3) is 3.21. The van der Waals surface area contributed by atoms with E-state index in [0.29, 0.717) is 17.4 Å². The van der Waals surface area contributed by atoms with E-state index in [1.54, 1.807) is 28.0 Å². The van der Waals surface area contributed by atoms with Gasteiger partial charge in [0.25, 0.3) is 5.91 Å². The van der Waals surface area contributed by atoms with Crippen LogP contribution in [-0.2, 0) is 13.1 Å². The average Bonchev–Trinajstić information content (AvgIpc) is 3.33. The highest BCUT2D eigenvalue weighted by molar-refractivity contribution is 7.22. The molecule has 3 heterocycles. The number of carbonyl (C=O) groups is 1. The number of pyridine rings is 1. The van der Waals surface area contributed by atoms with Crippen molar-refractivity contribution in [2.24, 2.45) is 0 Å². The molecule has 3 aromatic heterocycles. The average molecular weight is 363 g/mol. The maximum Gasteiger partial charge on any atom is 0.280 e. The summed E-state index contributed by atoms with van der Waals surface area (Å²) in [7, 11) is 0. The SMILES string of the molecule is CCn1ccc(C(=O)N(Cc2cccnc2)c2nc3ccccc3s2)n1. The number of aryl methyl sites for hydroxylation is 1. The maximum absolute atomic E-state index is 13.2. The molecular weight excluding hydrogens is 346 g/mol. The van der Waals surface area contributed by atoms with E-state index in [0.717, 1.165) is 22.3 Å². The first-order chi connectivity index (χ1) is 12.7. The van der Waals surface area contributed by atoms with Crippen molar-refractivity contribution < 1.29 is 4.79 Å². The minimum Gasteiger partial charge on any atom is -0.278 e. The van der Waals surface area contributed by atoms with Gasteiger partial charge in [-0.2, -0.15) is 5.10 Å². The number of para-hydroxylation sites is 1. The molecule has 0 aliphatic heterocycles. The summed E-state index contributed by atoms with van der Waals surface area (Å²) >= 11 is 1.50. The van der Waals surface area contributed by atoms with E-state index in [4.69, 9.17) is 0 Å². The molecule has 130 valence electrons. The largest absolute Gasteiger partial charge is 0.280 e. The smallest absolute Gasteiger partial charge is 0.278 e. The zero-order valence-corrected chi connectivity index (χ0v) is 15.1. The molecule has 0 unspecified atom stereocenters. The fourth-order valence-electron chi connectivity index (χ4n) is 2.67. The number of nitrogens with zero attached hydrogens (tertiary/aromatic N) is 5. The van der Waals surface area contributed by atoms with Crippen LogP contribution < -0.4 is 4.90 Å². The van der Waals surface area contributed by atoms with E-state index in [1.165, 1.54) is 11.3 Å². The number of hydrogen-bond donors (Lipinski definition) is 0. The Bertz CT molecular complexity index is 1010. The topological polar surface area (TPSA) is 63.9 Å². The molecule has 4 rings (SSSR count). The number of anilines is 1. The van der Waals surface area contributed by atoms with Crippen molar-refractivity contribution in [2.45, 2.75) is 20.0 Å². The lowest BCUT2D eigenvalue weighted by Crippen LogP contribution is -2.30. The molecule has 1 amide bonds. The van der Waals surface area contributed by atoms with Gasteiger partial charge in [-0.1, -0.05) is 29.5 Å². The predicted molar refractivity (Wildman–Crippen MR) is 102 cm³/mol. The van der Waals surface area contributed by atoms with E-state index < -0.39 is 0 Å². The predicted octanol–water partition coefficient (Wildman–Crippen LogP) is 3.75. The van der Waals surface area contributed by atoms with Crippen LogP contribution >= 0.6 is 11.3 Å². The van der Waals surface area contributed by atoms with Crippen molar-refractivity contribution >= 4 is 32.6 Å². The van der Waals surface area contributed by atoms with Gasteiger partial charge in [0.05, 0.1) is 16.8 Å². The zero-order valence-electron chi connectivity index (χ0n) is 14.2. The van der Waals surface area contributed by atoms with Crippen LogP contribution in [0.3, 0.4) is 0 Å². The van der Waals surface area contributed by atoms with E-state index in [9.17, 15) is 4.79 Å². The third-order valence-corrected chi connectivity index (χ3v) is 5.07. The number of benzene rings is 1. The quantitative estimate of drug-likeness (QED) is 0.542. The van der Waals surface area contributed by atoms with Crippen molar-refractivity contribution in [1.29, 1.82) is 0 Å². The summed E-state index contributed by atoms with van der Waals surface area (Å²) in [5.74, 6) is -0.167. The molecule has 0 spiro atoms. The molecule has 0 fully saturated rings. The van der Waals surface area contributed by atoms with Gasteiger partial charge in [-0.3, -0.25) is 19.4 Å². The second-order valence-electron chi connectivity index (χ2n) is 5.77. The Morgan fingerprint density at radius 2 is 2.08 bits per heavy atom. The molecular formula is C19H17N5OS. The minimum atomic E-state index is -0.167. The first kappa shape index (κ1) is 16.4. The van der Waals surface area contributed by atoms with Crippen LogP contribution in [0.1, 0.15) is 23.0 Å². The Kier molecular flexibility index (Phi) is 4.45. The molecule has 1 aromatic carbocycles. The normalized spacial score (nSPS) is 11.0. The van der Waals surface area contributed by atoms with Crippen LogP contribution in [0.2, 0.25) is 0 Å². The Labute approximate surface area is 154 Å². The van der Waals surface area contributed by atoms with Crippen molar-refractivity contribution in [1.82, 2.24) is 19.7 Å². The van der Waals surface area contributed by atoms with Crippen LogP contribution in [0.25, 0.3) is 10.2 Å². The monoisotopic (exact) mass is 363 g/mol. The van der Waals surface area contributed by atoms with Gasteiger partial charge in [0.2, 0.25) is 0 Å². The molecule has 0 saturated carbocycles. The fraction of sp³-hybridized carbons (Fsp3) is 0.158. The van der Waals surface area contributed by atoms with Gasteiger partial charge in [0.1, 0.15) is 0 Å². The van der Waals surface area contributed by atoms with Crippen LogP contribution in [0.4, 0.5) is 5.13 Å². The van der Waals surface area contributed by atoms with E-state index in [-0.39, 0.29) is 5.91 Å². The Balaban J connectivity index is 1.74. The lowest BCUT2D eigenvalue weighted by Gasteiger charge is -2.18. The van der Waals surface area contributed by atoms with Gasteiger partial charge in [0.15, 0.2) is 10.8 Å². The first-order valence-corrected chi connectivity index (χ1v) is 9.16. The number of amides is 1. The molecule has 0 aliphatic rings. The minimum absolute atomic E-state index is 0.167. The van der Waals surface area contributed by atoms with Crippen LogP contribution in [0.15, 0.2) is 61.1 Å². The third-order valence-electron chi connectivity index (χ3n) is 4.01. The molecule has 7 heteroatoms. The number of aromatic nitrogens is 4. The number of fused-ring (bicyclic) bond motifs is 1. The highest BCUT2D eigenvalue weighted by Crippen LogP contribution is 2.30. The fourth-order valence-corrected chi connectivity index (χ4v) is 3.63. The van der Waals surface area contributed by atoms with Gasteiger partial charge in [0, 0.05) is 25.1 Å². The summed E-state index contributed by atoms with van der Waals surface area (Å²) in [6.45, 7) is 3.10. The molecule has 0 atom stereocenters. The van der Waals surface area contributed by atoms with Crippen LogP contribution in [0, 0.1) is 0 Å². The molecule has 0 aliphatic carbocycles. The summed E-state index contributed by atoms with van der Waals surface area (Å²) in [5.41, 5.74) is 2.24. The van der Waals surface area contributed by atoms with Gasteiger partial charge >= 0.3 is 0 Å².